The molecule has 1 aliphatic heterocycles. The largest absolute Gasteiger partial charge is 0.356 e. The van der Waals surface area contributed by atoms with Crippen molar-refractivity contribution in [1.29, 1.82) is 0 Å². The zero-order valence-corrected chi connectivity index (χ0v) is 8.89. The molecule has 0 N–H and O–H groups in total. The highest BCUT2D eigenvalue weighted by molar-refractivity contribution is 5.69. The zero-order chi connectivity index (χ0) is 10.7. The molecular formula is C11H15N3O. The Labute approximate surface area is 89.3 Å². The number of hydrogen-bond acceptors (Lipinski definition) is 4. The van der Waals surface area contributed by atoms with Gasteiger partial charge in [0.2, 0.25) is 0 Å². The highest BCUT2D eigenvalue weighted by Gasteiger charge is 2.16. The number of carbonyl (C=O) groups is 1. The predicted molar refractivity (Wildman–Crippen MR) is 58.0 cm³/mol. The van der Waals surface area contributed by atoms with E-state index in [1.54, 1.807) is 6.20 Å². The van der Waals surface area contributed by atoms with Crippen LogP contribution in [0, 0.1) is 5.92 Å². The van der Waals surface area contributed by atoms with Gasteiger partial charge in [0.25, 0.3) is 0 Å². The quantitative estimate of drug-likeness (QED) is 0.687. The molecular weight excluding hydrogens is 190 g/mol. The summed E-state index contributed by atoms with van der Waals surface area (Å²) in [5.74, 6) is 1.94. The number of hydrogen-bond donors (Lipinski definition) is 0. The minimum atomic E-state index is 0.270. The lowest BCUT2D eigenvalue weighted by molar-refractivity contribution is 0.111. The molecule has 4 heteroatoms. The van der Waals surface area contributed by atoms with E-state index in [0.717, 1.165) is 24.8 Å². The van der Waals surface area contributed by atoms with Gasteiger partial charge in [0, 0.05) is 19.3 Å². The van der Waals surface area contributed by atoms with Gasteiger partial charge in [-0.05, 0) is 24.8 Å². The van der Waals surface area contributed by atoms with Crippen LogP contribution in [0.1, 0.15) is 30.4 Å². The Kier molecular flexibility index (Phi) is 2.94. The summed E-state index contributed by atoms with van der Waals surface area (Å²) in [6, 6.07) is 1.86. The summed E-state index contributed by atoms with van der Waals surface area (Å²) in [5.41, 5.74) is 0. The summed E-state index contributed by atoms with van der Waals surface area (Å²) in [4.78, 5) is 20.8. The van der Waals surface area contributed by atoms with Crippen molar-refractivity contribution in [3.8, 4) is 0 Å². The van der Waals surface area contributed by atoms with Crippen molar-refractivity contribution in [2.75, 3.05) is 18.0 Å². The number of aldehydes is 1. The van der Waals surface area contributed by atoms with Gasteiger partial charge in [0.15, 0.2) is 12.1 Å². The molecule has 0 unspecified atom stereocenters. The van der Waals surface area contributed by atoms with E-state index in [-0.39, 0.29) is 5.82 Å². The maximum absolute atomic E-state index is 10.6. The lowest BCUT2D eigenvalue weighted by atomic mass is 9.99. The third kappa shape index (κ3) is 2.32. The lowest BCUT2D eigenvalue weighted by Gasteiger charge is -2.31. The summed E-state index contributed by atoms with van der Waals surface area (Å²) in [6.07, 6.45) is 4.72. The summed E-state index contributed by atoms with van der Waals surface area (Å²) < 4.78 is 0. The smallest absolute Gasteiger partial charge is 0.194 e. The number of piperidine rings is 1. The van der Waals surface area contributed by atoms with Crippen molar-refractivity contribution >= 4 is 12.1 Å². The molecule has 0 atom stereocenters. The van der Waals surface area contributed by atoms with Gasteiger partial charge in [-0.3, -0.25) is 4.79 Å². The van der Waals surface area contributed by atoms with Crippen LogP contribution in [0.4, 0.5) is 5.82 Å². The maximum Gasteiger partial charge on any atom is 0.194 e. The van der Waals surface area contributed by atoms with E-state index in [1.165, 1.54) is 12.8 Å². The Balaban J connectivity index is 2.11. The van der Waals surface area contributed by atoms with E-state index in [4.69, 9.17) is 0 Å². The third-order valence-corrected chi connectivity index (χ3v) is 2.87. The van der Waals surface area contributed by atoms with Crippen molar-refractivity contribution in [2.24, 2.45) is 5.92 Å². The first-order valence-electron chi connectivity index (χ1n) is 5.33. The highest BCUT2D eigenvalue weighted by Crippen LogP contribution is 2.20. The van der Waals surface area contributed by atoms with Gasteiger partial charge in [-0.25, -0.2) is 9.97 Å². The van der Waals surface area contributed by atoms with Crippen LogP contribution in [0.5, 0.6) is 0 Å². The van der Waals surface area contributed by atoms with Crippen LogP contribution in [0.2, 0.25) is 0 Å². The van der Waals surface area contributed by atoms with Gasteiger partial charge in [0.1, 0.15) is 5.82 Å². The number of rotatable bonds is 2. The van der Waals surface area contributed by atoms with Crippen LogP contribution in [0.3, 0.4) is 0 Å². The molecule has 1 aliphatic rings. The molecule has 0 bridgehead atoms. The average molecular weight is 205 g/mol. The molecule has 15 heavy (non-hydrogen) atoms. The van der Waals surface area contributed by atoms with Crippen molar-refractivity contribution in [3.05, 3.63) is 18.1 Å². The van der Waals surface area contributed by atoms with Crippen LogP contribution in [-0.4, -0.2) is 29.3 Å². The second-order valence-corrected chi connectivity index (χ2v) is 4.06. The highest BCUT2D eigenvalue weighted by atomic mass is 16.1. The standard InChI is InChI=1S/C11H15N3O/c1-9-3-6-14(7-4-9)11-2-5-12-10(8-15)13-11/h2,5,8-9H,3-4,6-7H2,1H3. The summed E-state index contributed by atoms with van der Waals surface area (Å²) in [5, 5.41) is 0. The van der Waals surface area contributed by atoms with E-state index >= 15 is 0 Å². The molecule has 2 heterocycles. The summed E-state index contributed by atoms with van der Waals surface area (Å²) in [6.45, 7) is 4.32. The Bertz CT molecular complexity index is 345. The van der Waals surface area contributed by atoms with E-state index in [1.807, 2.05) is 6.07 Å². The molecule has 1 aromatic rings. The topological polar surface area (TPSA) is 46.1 Å². The van der Waals surface area contributed by atoms with Gasteiger partial charge in [-0.15, -0.1) is 0 Å². The summed E-state index contributed by atoms with van der Waals surface area (Å²) in [7, 11) is 0. The number of aromatic nitrogens is 2. The van der Waals surface area contributed by atoms with Crippen LogP contribution < -0.4 is 4.90 Å². The van der Waals surface area contributed by atoms with Gasteiger partial charge >= 0.3 is 0 Å². The first-order chi connectivity index (χ1) is 7.29. The van der Waals surface area contributed by atoms with Crippen LogP contribution >= 0.6 is 0 Å². The van der Waals surface area contributed by atoms with Crippen molar-refractivity contribution in [2.45, 2.75) is 19.8 Å². The Morgan fingerprint density at radius 1 is 1.47 bits per heavy atom. The molecule has 0 saturated carbocycles. The fourth-order valence-corrected chi connectivity index (χ4v) is 1.83. The van der Waals surface area contributed by atoms with E-state index < -0.39 is 0 Å². The van der Waals surface area contributed by atoms with Gasteiger partial charge in [0.05, 0.1) is 0 Å². The van der Waals surface area contributed by atoms with Crippen molar-refractivity contribution in [1.82, 2.24) is 9.97 Å². The molecule has 1 fully saturated rings. The molecule has 0 spiro atoms. The second kappa shape index (κ2) is 4.38. The van der Waals surface area contributed by atoms with Gasteiger partial charge < -0.3 is 4.90 Å². The monoisotopic (exact) mass is 205 g/mol. The zero-order valence-electron chi connectivity index (χ0n) is 8.89. The molecule has 0 amide bonds. The summed E-state index contributed by atoms with van der Waals surface area (Å²) >= 11 is 0. The van der Waals surface area contributed by atoms with Gasteiger partial charge in [-0.1, -0.05) is 6.92 Å². The third-order valence-electron chi connectivity index (χ3n) is 2.87. The molecule has 80 valence electrons. The molecule has 0 aliphatic carbocycles. The molecule has 2 rings (SSSR count). The van der Waals surface area contributed by atoms with Crippen LogP contribution in [0.25, 0.3) is 0 Å². The number of anilines is 1. The first kappa shape index (κ1) is 10.1. The van der Waals surface area contributed by atoms with E-state index in [9.17, 15) is 4.79 Å². The van der Waals surface area contributed by atoms with Crippen molar-refractivity contribution in [3.63, 3.8) is 0 Å². The number of carbonyl (C=O) groups excluding carboxylic acids is 1. The Morgan fingerprint density at radius 3 is 2.87 bits per heavy atom. The number of nitrogens with zero attached hydrogens (tertiary/aromatic N) is 3. The van der Waals surface area contributed by atoms with Crippen LogP contribution in [-0.2, 0) is 0 Å². The van der Waals surface area contributed by atoms with Crippen molar-refractivity contribution < 1.29 is 4.79 Å². The minimum absolute atomic E-state index is 0.270. The van der Waals surface area contributed by atoms with Crippen LogP contribution in [0.15, 0.2) is 12.3 Å². The van der Waals surface area contributed by atoms with Gasteiger partial charge in [-0.2, -0.15) is 0 Å². The predicted octanol–water partition coefficient (Wildman–Crippen LogP) is 1.53. The normalized spacial score (nSPS) is 17.8. The Hall–Kier alpha value is -1.45. The fraction of sp³-hybridized carbons (Fsp3) is 0.545. The lowest BCUT2D eigenvalue weighted by Crippen LogP contribution is -2.33. The Morgan fingerprint density at radius 2 is 2.20 bits per heavy atom. The maximum atomic E-state index is 10.6. The molecule has 1 saturated heterocycles. The SMILES string of the molecule is CC1CCN(c2ccnc(C=O)n2)CC1. The average Bonchev–Trinajstić information content (AvgIpc) is 2.30. The second-order valence-electron chi connectivity index (χ2n) is 4.06. The fourth-order valence-electron chi connectivity index (χ4n) is 1.83. The molecule has 4 nitrogen and oxygen atoms in total. The molecule has 0 radical (unpaired) electrons. The van der Waals surface area contributed by atoms with E-state index in [0.29, 0.717) is 6.29 Å². The van der Waals surface area contributed by atoms with E-state index in [2.05, 4.69) is 21.8 Å². The first-order valence-corrected chi connectivity index (χ1v) is 5.33. The minimum Gasteiger partial charge on any atom is -0.356 e. The molecule has 0 aromatic carbocycles. The molecule has 1 aromatic heterocycles.